The summed E-state index contributed by atoms with van der Waals surface area (Å²) in [5.74, 6) is -0.811. The highest BCUT2D eigenvalue weighted by molar-refractivity contribution is 7.98. The van der Waals surface area contributed by atoms with E-state index in [-0.39, 0.29) is 25.0 Å². The SMILES string of the molecule is CSc1nc(C)c(CCC(=O)OCC(=O)N[C@H](C)c2ccccc2Cl)c(C)n1. The van der Waals surface area contributed by atoms with Crippen LogP contribution < -0.4 is 5.32 Å². The van der Waals surface area contributed by atoms with Crippen LogP contribution in [-0.4, -0.2) is 34.7 Å². The molecular weight excluding hydrogens is 398 g/mol. The molecule has 28 heavy (non-hydrogen) atoms. The van der Waals surface area contributed by atoms with Crippen molar-refractivity contribution in [2.24, 2.45) is 0 Å². The van der Waals surface area contributed by atoms with Gasteiger partial charge in [-0.25, -0.2) is 9.97 Å². The molecule has 0 aliphatic carbocycles. The van der Waals surface area contributed by atoms with Gasteiger partial charge >= 0.3 is 5.97 Å². The number of carbonyl (C=O) groups is 2. The van der Waals surface area contributed by atoms with Crippen LogP contribution in [0.1, 0.15) is 41.9 Å². The number of halogens is 1. The van der Waals surface area contributed by atoms with Gasteiger partial charge in [0.15, 0.2) is 11.8 Å². The summed E-state index contributed by atoms with van der Waals surface area (Å²) in [6.07, 6.45) is 2.56. The number of carbonyl (C=O) groups excluding carboxylic acids is 2. The number of nitrogens with one attached hydrogen (secondary N) is 1. The first kappa shape index (κ1) is 22.2. The lowest BCUT2D eigenvalue weighted by molar-refractivity contribution is -0.148. The van der Waals surface area contributed by atoms with E-state index in [2.05, 4.69) is 15.3 Å². The average Bonchev–Trinajstić information content (AvgIpc) is 2.65. The third-order valence-electron chi connectivity index (χ3n) is 4.28. The summed E-state index contributed by atoms with van der Waals surface area (Å²) in [7, 11) is 0. The third kappa shape index (κ3) is 6.21. The quantitative estimate of drug-likeness (QED) is 0.396. The van der Waals surface area contributed by atoms with Crippen LogP contribution in [0.3, 0.4) is 0 Å². The minimum Gasteiger partial charge on any atom is -0.456 e. The van der Waals surface area contributed by atoms with Crippen molar-refractivity contribution >= 4 is 35.2 Å². The van der Waals surface area contributed by atoms with Gasteiger partial charge in [-0.05, 0) is 50.6 Å². The number of esters is 1. The second-order valence-corrected chi connectivity index (χ2v) is 7.51. The molecule has 0 unspecified atom stereocenters. The first-order valence-corrected chi connectivity index (χ1v) is 10.5. The summed E-state index contributed by atoms with van der Waals surface area (Å²) in [6.45, 7) is 5.30. The summed E-state index contributed by atoms with van der Waals surface area (Å²) in [5, 5.41) is 4.06. The van der Waals surface area contributed by atoms with Crippen molar-refractivity contribution in [2.75, 3.05) is 12.9 Å². The van der Waals surface area contributed by atoms with E-state index in [1.54, 1.807) is 6.07 Å². The smallest absolute Gasteiger partial charge is 0.306 e. The van der Waals surface area contributed by atoms with Crippen molar-refractivity contribution in [3.63, 3.8) is 0 Å². The van der Waals surface area contributed by atoms with Crippen molar-refractivity contribution in [1.82, 2.24) is 15.3 Å². The number of aryl methyl sites for hydroxylation is 2. The van der Waals surface area contributed by atoms with Gasteiger partial charge in [-0.3, -0.25) is 9.59 Å². The molecule has 1 N–H and O–H groups in total. The fourth-order valence-corrected chi connectivity index (χ4v) is 3.55. The maximum Gasteiger partial charge on any atom is 0.306 e. The van der Waals surface area contributed by atoms with E-state index >= 15 is 0 Å². The largest absolute Gasteiger partial charge is 0.456 e. The van der Waals surface area contributed by atoms with E-state index < -0.39 is 5.97 Å². The molecular formula is C20H24ClN3O3S. The molecule has 1 heterocycles. The predicted octanol–water partition coefficient (Wildman–Crippen LogP) is 3.82. The van der Waals surface area contributed by atoms with Gasteiger partial charge in [0.1, 0.15) is 0 Å². The Kier molecular flexibility index (Phi) is 8.26. The van der Waals surface area contributed by atoms with Crippen LogP contribution in [0.15, 0.2) is 29.4 Å². The maximum absolute atomic E-state index is 12.0. The van der Waals surface area contributed by atoms with Crippen molar-refractivity contribution in [1.29, 1.82) is 0 Å². The van der Waals surface area contributed by atoms with Gasteiger partial charge < -0.3 is 10.1 Å². The first-order valence-electron chi connectivity index (χ1n) is 8.89. The Morgan fingerprint density at radius 2 is 1.86 bits per heavy atom. The summed E-state index contributed by atoms with van der Waals surface area (Å²) in [6, 6.07) is 7.00. The van der Waals surface area contributed by atoms with Gasteiger partial charge in [-0.15, -0.1) is 0 Å². The van der Waals surface area contributed by atoms with Crippen molar-refractivity contribution in [3.8, 4) is 0 Å². The lowest BCUT2D eigenvalue weighted by Crippen LogP contribution is -2.31. The number of hydrogen-bond acceptors (Lipinski definition) is 6. The molecule has 1 amide bonds. The first-order chi connectivity index (χ1) is 13.3. The molecule has 0 bridgehead atoms. The Hall–Kier alpha value is -2.12. The van der Waals surface area contributed by atoms with E-state index in [0.717, 1.165) is 22.5 Å². The van der Waals surface area contributed by atoms with Crippen molar-refractivity contribution in [3.05, 3.63) is 51.8 Å². The number of hydrogen-bond donors (Lipinski definition) is 1. The molecule has 0 saturated heterocycles. The second-order valence-electron chi connectivity index (χ2n) is 6.33. The molecule has 1 aromatic heterocycles. The zero-order chi connectivity index (χ0) is 20.7. The highest BCUT2D eigenvalue weighted by Crippen LogP contribution is 2.22. The monoisotopic (exact) mass is 421 g/mol. The zero-order valence-corrected chi connectivity index (χ0v) is 18.0. The third-order valence-corrected chi connectivity index (χ3v) is 5.17. The average molecular weight is 422 g/mol. The standard InChI is InChI=1S/C20H24ClN3O3S/c1-12-15(13(2)24-20(23-12)28-4)9-10-19(26)27-11-18(25)22-14(3)16-7-5-6-8-17(16)21/h5-8,14H,9-11H2,1-4H3,(H,22,25)/t14-/m1/s1. The molecule has 1 aromatic carbocycles. The minimum absolute atomic E-state index is 0.164. The van der Waals surface area contributed by atoms with E-state index in [1.165, 1.54) is 11.8 Å². The predicted molar refractivity (Wildman–Crippen MR) is 111 cm³/mol. The molecule has 8 heteroatoms. The van der Waals surface area contributed by atoms with Crippen molar-refractivity contribution in [2.45, 2.75) is 44.8 Å². The summed E-state index contributed by atoms with van der Waals surface area (Å²) in [5.41, 5.74) is 3.46. The lowest BCUT2D eigenvalue weighted by atomic mass is 10.1. The van der Waals surface area contributed by atoms with E-state index in [0.29, 0.717) is 16.6 Å². The van der Waals surface area contributed by atoms with Crippen LogP contribution >= 0.6 is 23.4 Å². The minimum atomic E-state index is -0.437. The van der Waals surface area contributed by atoms with Gasteiger partial charge in [0.25, 0.3) is 5.91 Å². The molecule has 0 aliphatic heterocycles. The summed E-state index contributed by atoms with van der Waals surface area (Å²) in [4.78, 5) is 32.8. The summed E-state index contributed by atoms with van der Waals surface area (Å²) >= 11 is 7.60. The molecule has 150 valence electrons. The number of rotatable bonds is 8. The van der Waals surface area contributed by atoms with Gasteiger partial charge in [0.05, 0.1) is 6.04 Å². The number of benzene rings is 1. The molecule has 0 spiro atoms. The fourth-order valence-electron chi connectivity index (χ4n) is 2.79. The maximum atomic E-state index is 12.0. The van der Waals surface area contributed by atoms with Crippen LogP contribution in [-0.2, 0) is 20.7 Å². The zero-order valence-electron chi connectivity index (χ0n) is 16.4. The Morgan fingerprint density at radius 3 is 2.46 bits per heavy atom. The molecule has 6 nitrogen and oxygen atoms in total. The highest BCUT2D eigenvalue weighted by Gasteiger charge is 2.15. The van der Waals surface area contributed by atoms with Crippen molar-refractivity contribution < 1.29 is 14.3 Å². The fraction of sp³-hybridized carbons (Fsp3) is 0.400. The van der Waals surface area contributed by atoms with Crippen LogP contribution in [0, 0.1) is 13.8 Å². The summed E-state index contributed by atoms with van der Waals surface area (Å²) < 4.78 is 5.09. The molecule has 0 aliphatic rings. The van der Waals surface area contributed by atoms with Crippen LogP contribution in [0.2, 0.25) is 5.02 Å². The number of amides is 1. The Morgan fingerprint density at radius 1 is 1.21 bits per heavy atom. The molecule has 0 radical (unpaired) electrons. The van der Waals surface area contributed by atoms with Gasteiger partial charge in [-0.2, -0.15) is 0 Å². The Balaban J connectivity index is 1.81. The lowest BCUT2D eigenvalue weighted by Gasteiger charge is -2.15. The number of thioether (sulfide) groups is 1. The Labute approximate surface area is 174 Å². The topological polar surface area (TPSA) is 81.2 Å². The van der Waals surface area contributed by atoms with Gasteiger partial charge in [-0.1, -0.05) is 41.6 Å². The number of aromatic nitrogens is 2. The van der Waals surface area contributed by atoms with Gasteiger partial charge in [0, 0.05) is 22.8 Å². The molecule has 0 saturated carbocycles. The Bertz CT molecular complexity index is 837. The van der Waals surface area contributed by atoms with E-state index in [9.17, 15) is 9.59 Å². The second kappa shape index (κ2) is 10.4. The van der Waals surface area contributed by atoms with E-state index in [1.807, 2.05) is 45.2 Å². The number of ether oxygens (including phenoxy) is 1. The van der Waals surface area contributed by atoms with Crippen LogP contribution in [0.4, 0.5) is 0 Å². The molecule has 1 atom stereocenters. The van der Waals surface area contributed by atoms with Crippen LogP contribution in [0.25, 0.3) is 0 Å². The normalized spacial score (nSPS) is 11.8. The van der Waals surface area contributed by atoms with Crippen LogP contribution in [0.5, 0.6) is 0 Å². The van der Waals surface area contributed by atoms with Gasteiger partial charge in [0.2, 0.25) is 0 Å². The van der Waals surface area contributed by atoms with E-state index in [4.69, 9.17) is 16.3 Å². The molecule has 2 rings (SSSR count). The highest BCUT2D eigenvalue weighted by atomic mass is 35.5. The number of nitrogens with zero attached hydrogens (tertiary/aromatic N) is 2. The molecule has 0 fully saturated rings. The molecule has 2 aromatic rings.